The zero-order chi connectivity index (χ0) is 28.1. The van der Waals surface area contributed by atoms with E-state index in [2.05, 4.69) is 28.5 Å². The Morgan fingerprint density at radius 2 is 1.71 bits per heavy atom. The molecule has 0 aliphatic carbocycles. The van der Waals surface area contributed by atoms with Crippen molar-refractivity contribution in [1.82, 2.24) is 10.3 Å². The fourth-order valence-electron chi connectivity index (χ4n) is 4.21. The second-order valence-corrected chi connectivity index (χ2v) is 8.68. The van der Waals surface area contributed by atoms with E-state index in [0.29, 0.717) is 23.5 Å². The topological polar surface area (TPSA) is 63.4 Å². The molecule has 0 spiro atoms. The van der Waals surface area contributed by atoms with Crippen molar-refractivity contribution < 1.29 is 13.9 Å². The standard InChI is InChI=1S/C25H23FN2O3S.3C2H6/c1-30-9-10-31-21-13-18(26)4-5-19(21)22-24-20(7-11-32-24)23(28-25(22)29)16-2-3-17-14-27-8-6-15(17)12-16;3*1-2/h2-5,7,11-13,27H,6,8-10,14H2,1H3,(H,28,29);3*1-2H3. The van der Waals surface area contributed by atoms with Gasteiger partial charge in [-0.3, -0.25) is 4.79 Å². The minimum Gasteiger partial charge on any atom is -0.490 e. The number of H-pyrrole nitrogens is 1. The molecule has 0 radical (unpaired) electrons. The highest BCUT2D eigenvalue weighted by molar-refractivity contribution is 7.17. The van der Waals surface area contributed by atoms with E-state index in [4.69, 9.17) is 9.47 Å². The second kappa shape index (κ2) is 16.1. The third-order valence-electron chi connectivity index (χ3n) is 5.77. The molecule has 5 rings (SSSR count). The van der Waals surface area contributed by atoms with Crippen LogP contribution in [0.4, 0.5) is 4.39 Å². The third-order valence-corrected chi connectivity index (χ3v) is 6.70. The van der Waals surface area contributed by atoms with E-state index in [9.17, 15) is 9.18 Å². The molecule has 1 aliphatic rings. The molecule has 7 heteroatoms. The number of rotatable bonds is 6. The molecule has 1 aliphatic heterocycles. The number of ether oxygens (including phenoxy) is 2. The van der Waals surface area contributed by atoms with Crippen molar-refractivity contribution in [1.29, 1.82) is 0 Å². The van der Waals surface area contributed by atoms with E-state index in [1.807, 2.05) is 53.0 Å². The van der Waals surface area contributed by atoms with E-state index < -0.39 is 5.82 Å². The molecule has 38 heavy (non-hydrogen) atoms. The number of benzene rings is 2. The van der Waals surface area contributed by atoms with Crippen molar-refractivity contribution >= 4 is 21.4 Å². The number of hydrogen-bond acceptors (Lipinski definition) is 5. The summed E-state index contributed by atoms with van der Waals surface area (Å²) in [7, 11) is 1.58. The van der Waals surface area contributed by atoms with Crippen LogP contribution >= 0.6 is 11.3 Å². The molecular formula is C31H41FN2O3S. The Labute approximate surface area is 230 Å². The molecule has 0 bridgehead atoms. The summed E-state index contributed by atoms with van der Waals surface area (Å²) in [4.78, 5) is 16.4. The van der Waals surface area contributed by atoms with Gasteiger partial charge < -0.3 is 19.8 Å². The van der Waals surface area contributed by atoms with Crippen LogP contribution in [-0.4, -0.2) is 31.9 Å². The molecule has 3 heterocycles. The van der Waals surface area contributed by atoms with Crippen molar-refractivity contribution in [3.05, 3.63) is 75.1 Å². The van der Waals surface area contributed by atoms with Gasteiger partial charge in [-0.1, -0.05) is 53.7 Å². The van der Waals surface area contributed by atoms with Crippen LogP contribution in [0.25, 0.3) is 32.5 Å². The largest absolute Gasteiger partial charge is 0.490 e. The molecule has 4 aromatic rings. The average molecular weight is 541 g/mol. The highest BCUT2D eigenvalue weighted by Crippen LogP contribution is 2.39. The van der Waals surface area contributed by atoms with Gasteiger partial charge in [0.2, 0.25) is 0 Å². The Morgan fingerprint density at radius 1 is 0.947 bits per heavy atom. The van der Waals surface area contributed by atoms with Crippen molar-refractivity contribution in [2.75, 3.05) is 26.9 Å². The van der Waals surface area contributed by atoms with Crippen LogP contribution in [0.2, 0.25) is 0 Å². The van der Waals surface area contributed by atoms with Crippen LogP contribution < -0.4 is 15.6 Å². The fraction of sp³-hybridized carbons (Fsp3) is 0.387. The summed E-state index contributed by atoms with van der Waals surface area (Å²) in [5.41, 5.74) is 5.24. The summed E-state index contributed by atoms with van der Waals surface area (Å²) in [5.74, 6) is -0.0866. The highest BCUT2D eigenvalue weighted by Gasteiger charge is 2.20. The maximum Gasteiger partial charge on any atom is 0.257 e. The van der Waals surface area contributed by atoms with Crippen LogP contribution in [0, 0.1) is 5.82 Å². The first kappa shape index (κ1) is 31.2. The van der Waals surface area contributed by atoms with E-state index in [1.54, 1.807) is 13.2 Å². The molecule has 0 unspecified atom stereocenters. The first-order valence-electron chi connectivity index (χ1n) is 13.5. The molecule has 206 valence electrons. The van der Waals surface area contributed by atoms with Gasteiger partial charge in [-0.2, -0.15) is 0 Å². The zero-order valence-electron chi connectivity index (χ0n) is 23.7. The van der Waals surface area contributed by atoms with Gasteiger partial charge in [0.1, 0.15) is 18.2 Å². The van der Waals surface area contributed by atoms with Gasteiger partial charge in [-0.25, -0.2) is 4.39 Å². The second-order valence-electron chi connectivity index (χ2n) is 7.76. The lowest BCUT2D eigenvalue weighted by atomic mass is 9.95. The van der Waals surface area contributed by atoms with Crippen LogP contribution in [-0.2, 0) is 17.7 Å². The molecule has 2 aromatic carbocycles. The Morgan fingerprint density at radius 3 is 2.45 bits per heavy atom. The monoisotopic (exact) mass is 540 g/mol. The van der Waals surface area contributed by atoms with Crippen molar-refractivity contribution in [2.45, 2.75) is 54.5 Å². The molecule has 2 N–H and O–H groups in total. The maximum atomic E-state index is 14.0. The summed E-state index contributed by atoms with van der Waals surface area (Å²) in [6.45, 7) is 14.5. The minimum absolute atomic E-state index is 0.225. The number of halogens is 1. The maximum absolute atomic E-state index is 14.0. The number of thiophene rings is 1. The molecule has 5 nitrogen and oxygen atoms in total. The van der Waals surface area contributed by atoms with Crippen LogP contribution in [0.1, 0.15) is 52.7 Å². The lowest BCUT2D eigenvalue weighted by molar-refractivity contribution is 0.146. The van der Waals surface area contributed by atoms with Gasteiger partial charge >= 0.3 is 0 Å². The number of aromatic nitrogens is 1. The molecule has 0 saturated carbocycles. The van der Waals surface area contributed by atoms with Gasteiger partial charge in [0.05, 0.1) is 17.9 Å². The zero-order valence-corrected chi connectivity index (χ0v) is 24.5. The molecule has 0 fully saturated rings. The minimum atomic E-state index is -0.416. The predicted octanol–water partition coefficient (Wildman–Crippen LogP) is 7.81. The Balaban J connectivity index is 0.000000791. The number of nitrogens with one attached hydrogen (secondary N) is 2. The van der Waals surface area contributed by atoms with E-state index in [-0.39, 0.29) is 12.2 Å². The van der Waals surface area contributed by atoms with Gasteiger partial charge in [0.25, 0.3) is 5.56 Å². The Kier molecular flexibility index (Phi) is 13.2. The SMILES string of the molecule is CC.CC.CC.COCCOc1cc(F)ccc1-c1c(=O)[nH]c(-c2ccc3c(c2)CCNC3)c2ccsc12. The van der Waals surface area contributed by atoms with Gasteiger partial charge in [-0.05, 0) is 59.3 Å². The molecular weight excluding hydrogens is 499 g/mol. The molecule has 0 atom stereocenters. The summed E-state index contributed by atoms with van der Waals surface area (Å²) < 4.78 is 25.6. The molecule has 0 saturated heterocycles. The summed E-state index contributed by atoms with van der Waals surface area (Å²) >= 11 is 1.50. The third kappa shape index (κ3) is 7.10. The fourth-order valence-corrected chi connectivity index (χ4v) is 5.17. The lowest BCUT2D eigenvalue weighted by Crippen LogP contribution is -2.23. The van der Waals surface area contributed by atoms with E-state index >= 15 is 0 Å². The van der Waals surface area contributed by atoms with Gasteiger partial charge in [0, 0.05) is 35.4 Å². The quantitative estimate of drug-likeness (QED) is 0.245. The van der Waals surface area contributed by atoms with Gasteiger partial charge in [0.15, 0.2) is 0 Å². The number of aromatic amines is 1. The Bertz CT molecular complexity index is 1350. The first-order valence-corrected chi connectivity index (χ1v) is 14.4. The highest BCUT2D eigenvalue weighted by atomic mass is 32.1. The summed E-state index contributed by atoms with van der Waals surface area (Å²) in [6.07, 6.45) is 0.968. The van der Waals surface area contributed by atoms with Crippen LogP contribution in [0.15, 0.2) is 52.6 Å². The van der Waals surface area contributed by atoms with Crippen molar-refractivity contribution in [2.24, 2.45) is 0 Å². The smallest absolute Gasteiger partial charge is 0.257 e. The summed E-state index contributed by atoms with van der Waals surface area (Å²) in [5, 5.41) is 6.32. The Hall–Kier alpha value is -3.00. The average Bonchev–Trinajstić information content (AvgIpc) is 3.46. The van der Waals surface area contributed by atoms with Crippen molar-refractivity contribution in [3.63, 3.8) is 0 Å². The number of hydrogen-bond donors (Lipinski definition) is 2. The van der Waals surface area contributed by atoms with Crippen molar-refractivity contribution in [3.8, 4) is 28.1 Å². The van der Waals surface area contributed by atoms with Crippen LogP contribution in [0.3, 0.4) is 0 Å². The molecule has 2 aromatic heterocycles. The van der Waals surface area contributed by atoms with E-state index in [1.165, 1.54) is 34.6 Å². The number of pyridine rings is 1. The lowest BCUT2D eigenvalue weighted by Gasteiger charge is -2.18. The van der Waals surface area contributed by atoms with Gasteiger partial charge in [-0.15, -0.1) is 11.3 Å². The van der Waals surface area contributed by atoms with E-state index in [0.717, 1.165) is 40.9 Å². The van der Waals surface area contributed by atoms with Crippen LogP contribution in [0.5, 0.6) is 5.75 Å². The first-order chi connectivity index (χ1) is 18.7. The predicted molar refractivity (Wildman–Crippen MR) is 160 cm³/mol. The normalized spacial score (nSPS) is 11.7. The molecule has 0 amide bonds. The summed E-state index contributed by atoms with van der Waals surface area (Å²) in [6, 6.07) is 12.7. The number of methoxy groups -OCH3 is 1. The number of fused-ring (bicyclic) bond motifs is 2.